The molecule has 10 nitrogen and oxygen atoms in total. The Balaban J connectivity index is 1.72. The number of anilines is 2. The van der Waals surface area contributed by atoms with Crippen LogP contribution in [0.4, 0.5) is 24.7 Å². The molecule has 1 aliphatic heterocycles. The fourth-order valence-corrected chi connectivity index (χ4v) is 4.06. The molecule has 0 aliphatic carbocycles. The highest BCUT2D eigenvalue weighted by atomic mass is 19.4. The highest BCUT2D eigenvalue weighted by Crippen LogP contribution is 2.35. The third kappa shape index (κ3) is 5.92. The number of carbonyl (C=O) groups is 2. The maximum Gasteiger partial charge on any atom is 0.435 e. The van der Waals surface area contributed by atoms with E-state index in [0.29, 0.717) is 22.0 Å². The van der Waals surface area contributed by atoms with Crippen LogP contribution >= 0.6 is 0 Å². The van der Waals surface area contributed by atoms with E-state index in [9.17, 15) is 27.9 Å². The number of benzene rings is 1. The van der Waals surface area contributed by atoms with Crippen LogP contribution in [0.25, 0.3) is 5.65 Å². The van der Waals surface area contributed by atoms with Crippen molar-refractivity contribution >= 4 is 29.1 Å². The number of ether oxygens (including phenoxy) is 2. The molecule has 13 heteroatoms. The van der Waals surface area contributed by atoms with Crippen LogP contribution in [0.1, 0.15) is 32.0 Å². The van der Waals surface area contributed by atoms with E-state index in [2.05, 4.69) is 10.1 Å². The molecule has 3 aromatic rings. The minimum atomic E-state index is -4.75. The number of hydrogen-bond donors (Lipinski definition) is 1. The Labute approximate surface area is 216 Å². The van der Waals surface area contributed by atoms with Crippen molar-refractivity contribution in [3.63, 3.8) is 0 Å². The van der Waals surface area contributed by atoms with Crippen LogP contribution < -0.4 is 14.5 Å². The van der Waals surface area contributed by atoms with Gasteiger partial charge in [-0.15, -0.1) is 5.10 Å². The summed E-state index contributed by atoms with van der Waals surface area (Å²) in [7, 11) is 1.51. The van der Waals surface area contributed by atoms with Crippen molar-refractivity contribution in [2.24, 2.45) is 5.92 Å². The van der Waals surface area contributed by atoms with Crippen molar-refractivity contribution in [3.8, 4) is 5.75 Å². The molecule has 0 saturated carbocycles. The van der Waals surface area contributed by atoms with Crippen molar-refractivity contribution in [3.05, 3.63) is 47.8 Å². The molecule has 0 unspecified atom stereocenters. The molecule has 0 bridgehead atoms. The SMILES string of the molecule is COc1ccc(CN(CC(=O)O)c2cc(N3CC(C(=O)OC(C)(C)C)C3)nn3c(C(F)(F)F)cnc23)cc1. The average Bonchev–Trinajstić information content (AvgIpc) is 3.21. The first-order chi connectivity index (χ1) is 17.7. The molecule has 0 atom stereocenters. The Bertz CT molecular complexity index is 1330. The number of hydrogen-bond acceptors (Lipinski definition) is 8. The van der Waals surface area contributed by atoms with E-state index in [0.717, 1.165) is 0 Å². The predicted molar refractivity (Wildman–Crippen MR) is 131 cm³/mol. The second kappa shape index (κ2) is 10.0. The smallest absolute Gasteiger partial charge is 0.435 e. The summed E-state index contributed by atoms with van der Waals surface area (Å²) in [4.78, 5) is 31.2. The highest BCUT2D eigenvalue weighted by molar-refractivity contribution is 5.81. The largest absolute Gasteiger partial charge is 0.497 e. The number of imidazole rings is 1. The summed E-state index contributed by atoms with van der Waals surface area (Å²) < 4.78 is 52.5. The Morgan fingerprint density at radius 1 is 1.16 bits per heavy atom. The van der Waals surface area contributed by atoms with E-state index in [1.54, 1.807) is 49.9 Å². The first kappa shape index (κ1) is 27.0. The Kier molecular flexibility index (Phi) is 7.13. The van der Waals surface area contributed by atoms with Crippen LogP contribution in [0.3, 0.4) is 0 Å². The minimum absolute atomic E-state index is 0.0736. The molecule has 2 aromatic heterocycles. The molecule has 204 valence electrons. The molecule has 1 aliphatic rings. The third-order valence-electron chi connectivity index (χ3n) is 5.87. The predicted octanol–water partition coefficient (Wildman–Crippen LogP) is 3.63. The van der Waals surface area contributed by atoms with Gasteiger partial charge < -0.3 is 24.4 Å². The summed E-state index contributed by atoms with van der Waals surface area (Å²) in [6.07, 6.45) is -4.08. The van der Waals surface area contributed by atoms with E-state index in [1.807, 2.05) is 0 Å². The van der Waals surface area contributed by atoms with Crippen LogP contribution in [0.15, 0.2) is 36.5 Å². The van der Waals surface area contributed by atoms with Crippen molar-refractivity contribution in [2.45, 2.75) is 39.1 Å². The van der Waals surface area contributed by atoms with Crippen LogP contribution in [-0.2, 0) is 27.0 Å². The molecule has 38 heavy (non-hydrogen) atoms. The number of carbonyl (C=O) groups excluding carboxylic acids is 1. The van der Waals surface area contributed by atoms with Gasteiger partial charge in [0.2, 0.25) is 0 Å². The molecule has 3 heterocycles. The number of halogens is 3. The Hall–Kier alpha value is -4.03. The van der Waals surface area contributed by atoms with E-state index in [1.165, 1.54) is 18.1 Å². The Morgan fingerprint density at radius 2 is 1.82 bits per heavy atom. The summed E-state index contributed by atoms with van der Waals surface area (Å²) in [5, 5.41) is 13.8. The fourth-order valence-electron chi connectivity index (χ4n) is 4.06. The van der Waals surface area contributed by atoms with Gasteiger partial charge in [0.25, 0.3) is 0 Å². The molecule has 4 rings (SSSR count). The van der Waals surface area contributed by atoms with Gasteiger partial charge in [0.05, 0.1) is 24.9 Å². The number of methoxy groups -OCH3 is 1. The highest BCUT2D eigenvalue weighted by Gasteiger charge is 2.39. The van der Waals surface area contributed by atoms with Gasteiger partial charge >= 0.3 is 18.1 Å². The summed E-state index contributed by atoms with van der Waals surface area (Å²) >= 11 is 0. The van der Waals surface area contributed by atoms with Gasteiger partial charge in [-0.05, 0) is 38.5 Å². The monoisotopic (exact) mass is 535 g/mol. The lowest BCUT2D eigenvalue weighted by Gasteiger charge is -2.40. The summed E-state index contributed by atoms with van der Waals surface area (Å²) in [6.45, 7) is 5.21. The maximum absolute atomic E-state index is 13.8. The molecular weight excluding hydrogens is 507 g/mol. The number of rotatable bonds is 8. The lowest BCUT2D eigenvalue weighted by atomic mass is 10.00. The number of aromatic nitrogens is 3. The van der Waals surface area contributed by atoms with Gasteiger partial charge in [0.1, 0.15) is 17.9 Å². The minimum Gasteiger partial charge on any atom is -0.497 e. The second-order valence-corrected chi connectivity index (χ2v) is 10.00. The maximum atomic E-state index is 13.8. The Morgan fingerprint density at radius 3 is 2.37 bits per heavy atom. The second-order valence-electron chi connectivity index (χ2n) is 10.00. The van der Waals surface area contributed by atoms with Gasteiger partial charge in [-0.1, -0.05) is 12.1 Å². The molecule has 0 spiro atoms. The van der Waals surface area contributed by atoms with E-state index in [4.69, 9.17) is 9.47 Å². The first-order valence-corrected chi connectivity index (χ1v) is 11.8. The number of esters is 1. The van der Waals surface area contributed by atoms with E-state index >= 15 is 0 Å². The molecule has 1 N–H and O–H groups in total. The number of nitrogens with zero attached hydrogens (tertiary/aromatic N) is 5. The fraction of sp³-hybridized carbons (Fsp3) is 0.440. The summed E-state index contributed by atoms with van der Waals surface area (Å²) in [5.41, 5.74) is -1.04. The van der Waals surface area contributed by atoms with Gasteiger partial charge in [-0.3, -0.25) is 9.59 Å². The number of alkyl halides is 3. The average molecular weight is 536 g/mol. The van der Waals surface area contributed by atoms with Gasteiger partial charge in [0, 0.05) is 25.7 Å². The standard InChI is InChI=1S/C25H28F3N5O5/c1-24(2,3)38-23(36)16-12-32(13-16)20-9-18(22-29-10-19(25(26,27)28)33(22)30-20)31(14-21(34)35)11-15-5-7-17(37-4)8-6-15/h5-10,16H,11-14H2,1-4H3,(H,34,35). The number of fused-ring (bicyclic) bond motifs is 1. The molecule has 0 radical (unpaired) electrons. The zero-order valence-electron chi connectivity index (χ0n) is 21.3. The lowest BCUT2D eigenvalue weighted by molar-refractivity contribution is -0.160. The topological polar surface area (TPSA) is 110 Å². The molecular formula is C25H28F3N5O5. The summed E-state index contributed by atoms with van der Waals surface area (Å²) in [6, 6.07) is 8.38. The van der Waals surface area contributed by atoms with Gasteiger partial charge in [-0.2, -0.15) is 13.2 Å². The normalized spacial score (nSPS) is 14.3. The van der Waals surface area contributed by atoms with Crippen molar-refractivity contribution in [2.75, 3.05) is 36.5 Å². The van der Waals surface area contributed by atoms with Crippen LogP contribution in [0, 0.1) is 5.92 Å². The molecule has 1 aromatic carbocycles. The quantitative estimate of drug-likeness (QED) is 0.433. The van der Waals surface area contributed by atoms with E-state index in [-0.39, 0.29) is 36.8 Å². The van der Waals surface area contributed by atoms with Gasteiger partial charge in [0.15, 0.2) is 17.2 Å². The van der Waals surface area contributed by atoms with Gasteiger partial charge in [-0.25, -0.2) is 9.50 Å². The van der Waals surface area contributed by atoms with Crippen molar-refractivity contribution in [1.29, 1.82) is 0 Å². The van der Waals surface area contributed by atoms with Crippen LogP contribution in [0.2, 0.25) is 0 Å². The first-order valence-electron chi connectivity index (χ1n) is 11.8. The van der Waals surface area contributed by atoms with E-state index < -0.39 is 41.9 Å². The number of carboxylic acids is 1. The third-order valence-corrected chi connectivity index (χ3v) is 5.87. The molecule has 1 saturated heterocycles. The summed E-state index contributed by atoms with van der Waals surface area (Å²) in [5.74, 6) is -1.28. The number of carboxylic acid groups (broad SMARTS) is 1. The zero-order chi connectivity index (χ0) is 27.8. The number of aliphatic carboxylic acids is 1. The molecule has 1 fully saturated rings. The van der Waals surface area contributed by atoms with Crippen molar-refractivity contribution < 1.29 is 37.3 Å². The molecule has 0 amide bonds. The van der Waals surface area contributed by atoms with Crippen molar-refractivity contribution in [1.82, 2.24) is 14.6 Å². The van der Waals surface area contributed by atoms with Crippen LogP contribution in [-0.4, -0.2) is 64.0 Å². The zero-order valence-corrected chi connectivity index (χ0v) is 21.3. The van der Waals surface area contributed by atoms with Crippen LogP contribution in [0.5, 0.6) is 5.75 Å². The lowest BCUT2D eigenvalue weighted by Crippen LogP contribution is -2.52.